The third kappa shape index (κ3) is 2.46. The van der Waals surface area contributed by atoms with Gasteiger partial charge in [0.15, 0.2) is 0 Å². The van der Waals surface area contributed by atoms with Crippen LogP contribution in [0.4, 0.5) is 0 Å². The van der Waals surface area contributed by atoms with Crippen LogP contribution in [0, 0.1) is 5.92 Å². The Kier molecular flexibility index (Phi) is 3.76. The van der Waals surface area contributed by atoms with Crippen molar-refractivity contribution in [3.8, 4) is 5.75 Å². The molecule has 0 spiro atoms. The molecule has 0 amide bonds. The van der Waals surface area contributed by atoms with Gasteiger partial charge in [0.25, 0.3) is 0 Å². The minimum Gasteiger partial charge on any atom is -0.497 e. The Morgan fingerprint density at radius 3 is 2.60 bits per heavy atom. The summed E-state index contributed by atoms with van der Waals surface area (Å²) in [6, 6.07) is 7.22. The van der Waals surface area contributed by atoms with Crippen LogP contribution in [0.15, 0.2) is 18.2 Å². The van der Waals surface area contributed by atoms with E-state index in [0.29, 0.717) is 6.04 Å². The lowest BCUT2D eigenvalue weighted by atomic mass is 9.71. The molecule has 110 valence electrons. The molecule has 0 radical (unpaired) electrons. The first kappa shape index (κ1) is 13.9. The van der Waals surface area contributed by atoms with E-state index < -0.39 is 0 Å². The van der Waals surface area contributed by atoms with Gasteiger partial charge in [-0.1, -0.05) is 39.2 Å². The maximum atomic E-state index is 5.43. The molecule has 20 heavy (non-hydrogen) atoms. The van der Waals surface area contributed by atoms with Crippen LogP contribution in [-0.4, -0.2) is 13.7 Å². The molecule has 1 heterocycles. The lowest BCUT2D eigenvalue weighted by Crippen LogP contribution is -2.44. The van der Waals surface area contributed by atoms with Crippen molar-refractivity contribution in [2.75, 3.05) is 13.7 Å². The highest BCUT2D eigenvalue weighted by molar-refractivity contribution is 5.44. The van der Waals surface area contributed by atoms with Gasteiger partial charge < -0.3 is 10.1 Å². The average Bonchev–Trinajstić information content (AvgIpc) is 2.48. The molecule has 0 aromatic heterocycles. The smallest absolute Gasteiger partial charge is 0.119 e. The zero-order valence-electron chi connectivity index (χ0n) is 13.0. The Morgan fingerprint density at radius 2 is 1.90 bits per heavy atom. The zero-order chi connectivity index (χ0) is 14.2. The van der Waals surface area contributed by atoms with Crippen LogP contribution < -0.4 is 10.1 Å². The molecule has 2 heteroatoms. The van der Waals surface area contributed by atoms with Crippen molar-refractivity contribution in [1.82, 2.24) is 5.32 Å². The predicted octanol–water partition coefficient (Wildman–Crippen LogP) is 4.20. The fourth-order valence-corrected chi connectivity index (χ4v) is 3.98. The number of nitrogens with one attached hydrogen (secondary N) is 1. The monoisotopic (exact) mass is 273 g/mol. The van der Waals surface area contributed by atoms with Crippen molar-refractivity contribution in [3.05, 3.63) is 29.3 Å². The van der Waals surface area contributed by atoms with Crippen LogP contribution in [0.25, 0.3) is 0 Å². The second-order valence-corrected chi connectivity index (χ2v) is 7.09. The predicted molar refractivity (Wildman–Crippen MR) is 83.3 cm³/mol. The minimum atomic E-state index is 0.190. The van der Waals surface area contributed by atoms with E-state index in [2.05, 4.69) is 37.4 Å². The van der Waals surface area contributed by atoms with Crippen molar-refractivity contribution >= 4 is 0 Å². The Morgan fingerprint density at radius 1 is 1.15 bits per heavy atom. The Labute approximate surface area is 122 Å². The van der Waals surface area contributed by atoms with Crippen LogP contribution >= 0.6 is 0 Å². The molecule has 1 atom stereocenters. The third-order valence-corrected chi connectivity index (χ3v) is 5.21. The first-order valence-corrected chi connectivity index (χ1v) is 8.03. The van der Waals surface area contributed by atoms with Crippen LogP contribution in [-0.2, 0) is 5.41 Å². The zero-order valence-corrected chi connectivity index (χ0v) is 13.0. The summed E-state index contributed by atoms with van der Waals surface area (Å²) in [6.45, 7) is 5.72. The molecule has 1 unspecified atom stereocenters. The highest BCUT2D eigenvalue weighted by atomic mass is 16.5. The number of rotatable bonds is 2. The summed E-state index contributed by atoms with van der Waals surface area (Å²) < 4.78 is 5.43. The number of hydrogen-bond acceptors (Lipinski definition) is 2. The standard InChI is InChI=1S/C18H27NO/c1-18(2)12-19-17(13-7-5-4-6-8-13)15-10-9-14(20-3)11-16(15)18/h9-11,13,17,19H,4-8,12H2,1-3H3. The van der Waals surface area contributed by atoms with Gasteiger partial charge in [-0.25, -0.2) is 0 Å². The van der Waals surface area contributed by atoms with Crippen molar-refractivity contribution in [2.45, 2.75) is 57.4 Å². The molecule has 0 saturated heterocycles. The summed E-state index contributed by atoms with van der Waals surface area (Å²) in [7, 11) is 1.76. The van der Waals surface area contributed by atoms with Gasteiger partial charge in [0, 0.05) is 18.0 Å². The molecule has 1 N–H and O–H groups in total. The topological polar surface area (TPSA) is 21.3 Å². The molecule has 2 nitrogen and oxygen atoms in total. The molecular formula is C18H27NO. The van der Waals surface area contributed by atoms with E-state index in [0.717, 1.165) is 18.2 Å². The van der Waals surface area contributed by atoms with E-state index in [-0.39, 0.29) is 5.41 Å². The molecule has 1 saturated carbocycles. The van der Waals surface area contributed by atoms with Crippen molar-refractivity contribution in [2.24, 2.45) is 5.92 Å². The molecule has 2 aliphatic rings. The maximum absolute atomic E-state index is 5.43. The van der Waals surface area contributed by atoms with Gasteiger partial charge in [-0.05, 0) is 42.0 Å². The van der Waals surface area contributed by atoms with E-state index in [1.54, 1.807) is 7.11 Å². The highest BCUT2D eigenvalue weighted by Gasteiger charge is 2.36. The fraction of sp³-hybridized carbons (Fsp3) is 0.667. The van der Waals surface area contributed by atoms with Gasteiger partial charge >= 0.3 is 0 Å². The Hall–Kier alpha value is -1.02. The summed E-state index contributed by atoms with van der Waals surface area (Å²) in [5.74, 6) is 1.80. The van der Waals surface area contributed by atoms with Crippen LogP contribution in [0.3, 0.4) is 0 Å². The number of hydrogen-bond donors (Lipinski definition) is 1. The minimum absolute atomic E-state index is 0.190. The molecule has 1 aromatic rings. The SMILES string of the molecule is COc1ccc2c(c1)C(C)(C)CNC2C1CCCCC1. The lowest BCUT2D eigenvalue weighted by Gasteiger charge is -2.42. The molecular weight excluding hydrogens is 246 g/mol. The van der Waals surface area contributed by atoms with Crippen molar-refractivity contribution < 1.29 is 4.74 Å². The molecule has 1 aromatic carbocycles. The average molecular weight is 273 g/mol. The number of ether oxygens (including phenoxy) is 1. The quantitative estimate of drug-likeness (QED) is 0.872. The Balaban J connectivity index is 1.97. The van der Waals surface area contributed by atoms with E-state index in [1.165, 1.54) is 43.2 Å². The number of benzene rings is 1. The van der Waals surface area contributed by atoms with Crippen molar-refractivity contribution in [3.63, 3.8) is 0 Å². The van der Waals surface area contributed by atoms with Gasteiger partial charge in [-0.3, -0.25) is 0 Å². The van der Waals surface area contributed by atoms with E-state index in [1.807, 2.05) is 0 Å². The molecule has 1 aliphatic heterocycles. The number of fused-ring (bicyclic) bond motifs is 1. The van der Waals surface area contributed by atoms with Gasteiger partial charge in [-0.15, -0.1) is 0 Å². The first-order valence-electron chi connectivity index (χ1n) is 8.03. The summed E-state index contributed by atoms with van der Waals surface area (Å²) >= 11 is 0. The second kappa shape index (κ2) is 5.40. The number of methoxy groups -OCH3 is 1. The van der Waals surface area contributed by atoms with Crippen LogP contribution in [0.2, 0.25) is 0 Å². The van der Waals surface area contributed by atoms with E-state index >= 15 is 0 Å². The summed E-state index contributed by atoms with van der Waals surface area (Å²) in [4.78, 5) is 0. The molecule has 0 bridgehead atoms. The summed E-state index contributed by atoms with van der Waals surface area (Å²) in [6.07, 6.45) is 6.98. The summed E-state index contributed by atoms with van der Waals surface area (Å²) in [5.41, 5.74) is 3.18. The van der Waals surface area contributed by atoms with Gasteiger partial charge in [-0.2, -0.15) is 0 Å². The highest BCUT2D eigenvalue weighted by Crippen LogP contribution is 2.42. The largest absolute Gasteiger partial charge is 0.497 e. The fourth-order valence-electron chi connectivity index (χ4n) is 3.98. The molecule has 1 fully saturated rings. The maximum Gasteiger partial charge on any atom is 0.119 e. The van der Waals surface area contributed by atoms with Gasteiger partial charge in [0.1, 0.15) is 5.75 Å². The molecule has 1 aliphatic carbocycles. The first-order chi connectivity index (χ1) is 9.62. The van der Waals surface area contributed by atoms with Crippen LogP contribution in [0.5, 0.6) is 5.75 Å². The van der Waals surface area contributed by atoms with Gasteiger partial charge in [0.05, 0.1) is 7.11 Å². The summed E-state index contributed by atoms with van der Waals surface area (Å²) in [5, 5.41) is 3.83. The van der Waals surface area contributed by atoms with Crippen molar-refractivity contribution in [1.29, 1.82) is 0 Å². The normalized spacial score (nSPS) is 26.1. The lowest BCUT2D eigenvalue weighted by molar-refractivity contribution is 0.241. The van der Waals surface area contributed by atoms with Crippen LogP contribution in [0.1, 0.15) is 63.1 Å². The molecule has 3 rings (SSSR count). The third-order valence-electron chi connectivity index (χ3n) is 5.21. The second-order valence-electron chi connectivity index (χ2n) is 7.09. The van der Waals surface area contributed by atoms with Gasteiger partial charge in [0.2, 0.25) is 0 Å². The van der Waals surface area contributed by atoms with E-state index in [9.17, 15) is 0 Å². The van der Waals surface area contributed by atoms with E-state index in [4.69, 9.17) is 4.74 Å². The Bertz CT molecular complexity index is 474.